The van der Waals surface area contributed by atoms with Crippen molar-refractivity contribution < 1.29 is 24.5 Å². The second kappa shape index (κ2) is 6.76. The van der Waals surface area contributed by atoms with Crippen LogP contribution < -0.4 is 10.2 Å². The standard InChI is InChI=1S/C13H16O5/c1-2-18-8-11-4-9(6-12(14)15)3-10(5-11)7-13(16)17/h3-5H,2,6-8H2,1H3,(H,14,15)(H,16,17)/p-2. The fourth-order valence-electron chi connectivity index (χ4n) is 1.68. The van der Waals surface area contributed by atoms with Gasteiger partial charge < -0.3 is 24.5 Å². The molecule has 0 aliphatic rings. The smallest absolute Gasteiger partial charge is 0.0716 e. The molecule has 0 saturated carbocycles. The molecule has 1 aromatic rings. The minimum absolute atomic E-state index is 0.250. The Bertz CT molecular complexity index is 405. The molecule has 0 bridgehead atoms. The molecular formula is C13H14O5-2. The van der Waals surface area contributed by atoms with E-state index in [1.807, 2.05) is 6.92 Å². The molecule has 1 aromatic carbocycles. The molecule has 0 heterocycles. The summed E-state index contributed by atoms with van der Waals surface area (Å²) in [5.74, 6) is -2.41. The molecule has 5 nitrogen and oxygen atoms in total. The first-order valence-corrected chi connectivity index (χ1v) is 5.60. The van der Waals surface area contributed by atoms with E-state index < -0.39 is 11.9 Å². The zero-order valence-corrected chi connectivity index (χ0v) is 10.1. The third-order valence-corrected chi connectivity index (χ3v) is 2.28. The van der Waals surface area contributed by atoms with Crippen LogP contribution in [0, 0.1) is 0 Å². The van der Waals surface area contributed by atoms with Crippen LogP contribution in [0.3, 0.4) is 0 Å². The number of aliphatic carboxylic acids is 2. The maximum atomic E-state index is 10.6. The largest absolute Gasteiger partial charge is 0.550 e. The van der Waals surface area contributed by atoms with Crippen molar-refractivity contribution in [3.63, 3.8) is 0 Å². The second-order valence-corrected chi connectivity index (χ2v) is 3.89. The lowest BCUT2D eigenvalue weighted by Crippen LogP contribution is -2.25. The topological polar surface area (TPSA) is 89.5 Å². The summed E-state index contributed by atoms with van der Waals surface area (Å²) >= 11 is 0. The molecular weight excluding hydrogens is 236 g/mol. The summed E-state index contributed by atoms with van der Waals surface area (Å²) in [5, 5.41) is 21.1. The Morgan fingerprint density at radius 2 is 1.44 bits per heavy atom. The highest BCUT2D eigenvalue weighted by Gasteiger charge is 2.03. The number of ether oxygens (including phenoxy) is 1. The van der Waals surface area contributed by atoms with Gasteiger partial charge in [-0.05, 0) is 23.6 Å². The fourth-order valence-corrected chi connectivity index (χ4v) is 1.68. The van der Waals surface area contributed by atoms with E-state index in [0.29, 0.717) is 24.3 Å². The number of benzene rings is 1. The van der Waals surface area contributed by atoms with Gasteiger partial charge in [-0.3, -0.25) is 0 Å². The highest BCUT2D eigenvalue weighted by atomic mass is 16.5. The van der Waals surface area contributed by atoms with Gasteiger partial charge >= 0.3 is 0 Å². The molecule has 0 aliphatic heterocycles. The molecule has 98 valence electrons. The molecule has 0 atom stereocenters. The van der Waals surface area contributed by atoms with Crippen LogP contribution in [0.25, 0.3) is 0 Å². The van der Waals surface area contributed by atoms with Gasteiger partial charge in [-0.15, -0.1) is 0 Å². The number of carboxylic acids is 2. The first-order chi connectivity index (χ1) is 8.51. The predicted molar refractivity (Wildman–Crippen MR) is 59.2 cm³/mol. The Morgan fingerprint density at radius 3 is 1.83 bits per heavy atom. The van der Waals surface area contributed by atoms with E-state index in [9.17, 15) is 19.8 Å². The SMILES string of the molecule is CCOCc1cc(CC(=O)[O-])cc(CC(=O)[O-])c1. The second-order valence-electron chi connectivity index (χ2n) is 3.89. The van der Waals surface area contributed by atoms with Crippen molar-refractivity contribution >= 4 is 11.9 Å². The fraction of sp³-hybridized carbons (Fsp3) is 0.385. The van der Waals surface area contributed by atoms with E-state index in [-0.39, 0.29) is 12.8 Å². The number of carboxylic acid groups (broad SMARTS) is 2. The van der Waals surface area contributed by atoms with Crippen molar-refractivity contribution in [1.82, 2.24) is 0 Å². The van der Waals surface area contributed by atoms with E-state index >= 15 is 0 Å². The summed E-state index contributed by atoms with van der Waals surface area (Å²) in [7, 11) is 0. The van der Waals surface area contributed by atoms with Crippen LogP contribution >= 0.6 is 0 Å². The van der Waals surface area contributed by atoms with Gasteiger partial charge in [0.2, 0.25) is 0 Å². The van der Waals surface area contributed by atoms with Crippen molar-refractivity contribution in [2.75, 3.05) is 6.61 Å². The summed E-state index contributed by atoms with van der Waals surface area (Å²) in [5.41, 5.74) is 1.75. The summed E-state index contributed by atoms with van der Waals surface area (Å²) in [6, 6.07) is 4.87. The third kappa shape index (κ3) is 4.97. The van der Waals surface area contributed by atoms with Crippen molar-refractivity contribution in [3.05, 3.63) is 34.9 Å². The van der Waals surface area contributed by atoms with Gasteiger partial charge in [0.1, 0.15) is 0 Å². The first-order valence-electron chi connectivity index (χ1n) is 5.60. The number of carbonyl (C=O) groups excluding carboxylic acids is 2. The van der Waals surface area contributed by atoms with E-state index in [1.54, 1.807) is 12.1 Å². The normalized spacial score (nSPS) is 10.3. The molecule has 5 heteroatoms. The lowest BCUT2D eigenvalue weighted by molar-refractivity contribution is -0.305. The summed E-state index contributed by atoms with van der Waals surface area (Å²) < 4.78 is 5.21. The maximum absolute atomic E-state index is 10.6. The van der Waals surface area contributed by atoms with Crippen LogP contribution in [0.15, 0.2) is 18.2 Å². The summed E-state index contributed by atoms with van der Waals surface area (Å²) in [6.45, 7) is 2.69. The average Bonchev–Trinajstić information content (AvgIpc) is 2.24. The van der Waals surface area contributed by atoms with Crippen LogP contribution in [0.1, 0.15) is 23.6 Å². The van der Waals surface area contributed by atoms with Gasteiger partial charge in [-0.1, -0.05) is 18.2 Å². The highest BCUT2D eigenvalue weighted by molar-refractivity contribution is 5.70. The highest BCUT2D eigenvalue weighted by Crippen LogP contribution is 2.13. The molecule has 0 unspecified atom stereocenters. The first kappa shape index (κ1) is 14.2. The van der Waals surface area contributed by atoms with E-state index in [2.05, 4.69) is 0 Å². The lowest BCUT2D eigenvalue weighted by atomic mass is 10.0. The number of rotatable bonds is 7. The lowest BCUT2D eigenvalue weighted by Gasteiger charge is -2.11. The van der Waals surface area contributed by atoms with Crippen LogP contribution in [-0.4, -0.2) is 18.5 Å². The zero-order valence-electron chi connectivity index (χ0n) is 10.1. The molecule has 18 heavy (non-hydrogen) atoms. The van der Waals surface area contributed by atoms with Crippen molar-refractivity contribution in [2.45, 2.75) is 26.4 Å². The summed E-state index contributed by atoms with van der Waals surface area (Å²) in [4.78, 5) is 21.1. The average molecular weight is 250 g/mol. The van der Waals surface area contributed by atoms with Gasteiger partial charge in [0.15, 0.2) is 0 Å². The van der Waals surface area contributed by atoms with Crippen molar-refractivity contribution in [2.24, 2.45) is 0 Å². The van der Waals surface area contributed by atoms with Gasteiger partial charge in [0.25, 0.3) is 0 Å². The van der Waals surface area contributed by atoms with Gasteiger partial charge in [-0.25, -0.2) is 0 Å². The Morgan fingerprint density at radius 1 is 1.00 bits per heavy atom. The minimum Gasteiger partial charge on any atom is -0.550 e. The molecule has 1 rings (SSSR count). The Kier molecular flexibility index (Phi) is 5.32. The van der Waals surface area contributed by atoms with E-state index in [0.717, 1.165) is 5.56 Å². The van der Waals surface area contributed by atoms with Gasteiger partial charge in [0.05, 0.1) is 6.61 Å². The van der Waals surface area contributed by atoms with E-state index in [1.165, 1.54) is 6.07 Å². The Hall–Kier alpha value is -1.88. The third-order valence-electron chi connectivity index (χ3n) is 2.28. The molecule has 0 spiro atoms. The van der Waals surface area contributed by atoms with Crippen LogP contribution in [0.4, 0.5) is 0 Å². The van der Waals surface area contributed by atoms with E-state index in [4.69, 9.17) is 4.74 Å². The molecule has 0 aliphatic carbocycles. The van der Waals surface area contributed by atoms with Crippen LogP contribution in [-0.2, 0) is 33.8 Å². The quantitative estimate of drug-likeness (QED) is 0.607. The predicted octanol–water partition coefficient (Wildman–Crippen LogP) is -1.19. The Labute approximate surface area is 105 Å². The molecule has 0 fully saturated rings. The van der Waals surface area contributed by atoms with Crippen LogP contribution in [0.5, 0.6) is 0 Å². The van der Waals surface area contributed by atoms with Gasteiger partial charge in [-0.2, -0.15) is 0 Å². The Balaban J connectivity index is 2.95. The zero-order chi connectivity index (χ0) is 13.5. The van der Waals surface area contributed by atoms with Gasteiger partial charge in [0, 0.05) is 31.4 Å². The molecule has 0 N–H and O–H groups in total. The minimum atomic E-state index is -1.21. The summed E-state index contributed by atoms with van der Waals surface area (Å²) in [6.07, 6.45) is -0.500. The number of hydrogen-bond acceptors (Lipinski definition) is 5. The van der Waals surface area contributed by atoms with Crippen molar-refractivity contribution in [1.29, 1.82) is 0 Å². The number of carbonyl (C=O) groups is 2. The number of hydrogen-bond donors (Lipinski definition) is 0. The van der Waals surface area contributed by atoms with Crippen molar-refractivity contribution in [3.8, 4) is 0 Å². The molecule has 0 saturated heterocycles. The van der Waals surface area contributed by atoms with Crippen LogP contribution in [0.2, 0.25) is 0 Å². The maximum Gasteiger partial charge on any atom is 0.0716 e. The molecule has 0 amide bonds. The molecule has 0 radical (unpaired) electrons. The monoisotopic (exact) mass is 250 g/mol. The molecule has 0 aromatic heterocycles.